The van der Waals surface area contributed by atoms with Crippen LogP contribution in [0, 0.1) is 5.92 Å². The molecule has 4 rings (SSSR count). The number of ketones is 1. The van der Waals surface area contributed by atoms with Crippen molar-refractivity contribution in [3.05, 3.63) is 65.7 Å². The minimum Gasteiger partial charge on any atom is -0.489 e. The molecule has 0 spiro atoms. The molecule has 0 N–H and O–H groups in total. The van der Waals surface area contributed by atoms with Crippen molar-refractivity contribution in [2.24, 2.45) is 5.92 Å². The standard InChI is InChI=1S/C23H27NO2/c1-24-20-10-11-21(24)15-19(14-20)23(25)13-18-8-5-9-22(12-18)26-16-17-6-3-2-4-7-17/h2-9,12,19-21H,10-11,13-16H2,1H3. The number of fused-ring (bicyclic) bond motifs is 2. The van der Waals surface area contributed by atoms with Crippen molar-refractivity contribution < 1.29 is 9.53 Å². The SMILES string of the molecule is CN1C2CCC1CC(C(=O)Cc1cccc(OCc3ccccc3)c1)C2. The molecule has 0 aliphatic carbocycles. The van der Waals surface area contributed by atoms with Crippen LogP contribution >= 0.6 is 0 Å². The third-order valence-electron chi connectivity index (χ3n) is 6.08. The third kappa shape index (κ3) is 3.83. The molecule has 2 unspecified atom stereocenters. The summed E-state index contributed by atoms with van der Waals surface area (Å²) in [6.45, 7) is 0.552. The summed E-state index contributed by atoms with van der Waals surface area (Å²) < 4.78 is 5.90. The first-order chi connectivity index (χ1) is 12.7. The van der Waals surface area contributed by atoms with Crippen LogP contribution in [-0.2, 0) is 17.8 Å². The van der Waals surface area contributed by atoms with E-state index in [0.29, 0.717) is 30.9 Å². The van der Waals surface area contributed by atoms with E-state index in [1.54, 1.807) is 0 Å². The van der Waals surface area contributed by atoms with Crippen molar-refractivity contribution in [3.63, 3.8) is 0 Å². The van der Waals surface area contributed by atoms with Crippen LogP contribution in [0.15, 0.2) is 54.6 Å². The van der Waals surface area contributed by atoms with Gasteiger partial charge in [-0.05, 0) is 56.0 Å². The summed E-state index contributed by atoms with van der Waals surface area (Å²) in [5, 5.41) is 0. The number of ether oxygens (including phenoxy) is 1. The Labute approximate surface area is 156 Å². The molecular weight excluding hydrogens is 322 g/mol. The van der Waals surface area contributed by atoms with Gasteiger partial charge in [0, 0.05) is 24.4 Å². The summed E-state index contributed by atoms with van der Waals surface area (Å²) in [4.78, 5) is 15.3. The number of hydrogen-bond acceptors (Lipinski definition) is 3. The van der Waals surface area contributed by atoms with Gasteiger partial charge in [-0.25, -0.2) is 0 Å². The Bertz CT molecular complexity index is 744. The predicted molar refractivity (Wildman–Crippen MR) is 103 cm³/mol. The number of carbonyl (C=O) groups is 1. The molecule has 2 atom stereocenters. The minimum atomic E-state index is 0.234. The Morgan fingerprint density at radius 1 is 1.00 bits per heavy atom. The van der Waals surface area contributed by atoms with Gasteiger partial charge < -0.3 is 9.64 Å². The van der Waals surface area contributed by atoms with Crippen LogP contribution in [-0.4, -0.2) is 29.8 Å². The average molecular weight is 349 g/mol. The lowest BCUT2D eigenvalue weighted by Gasteiger charge is -2.35. The zero-order valence-electron chi connectivity index (χ0n) is 15.4. The Kier molecular flexibility index (Phi) is 5.07. The minimum absolute atomic E-state index is 0.234. The Morgan fingerprint density at radius 2 is 1.69 bits per heavy atom. The molecule has 2 heterocycles. The number of Topliss-reactive ketones (excluding diaryl/α,β-unsaturated/α-hetero) is 1. The lowest BCUT2D eigenvalue weighted by Crippen LogP contribution is -2.42. The first kappa shape index (κ1) is 17.3. The molecule has 26 heavy (non-hydrogen) atoms. The van der Waals surface area contributed by atoms with Gasteiger partial charge in [0.1, 0.15) is 18.1 Å². The van der Waals surface area contributed by atoms with E-state index >= 15 is 0 Å². The number of benzene rings is 2. The zero-order valence-corrected chi connectivity index (χ0v) is 15.4. The molecule has 3 nitrogen and oxygen atoms in total. The van der Waals surface area contributed by atoms with E-state index in [1.807, 2.05) is 42.5 Å². The van der Waals surface area contributed by atoms with Crippen LogP contribution in [0.5, 0.6) is 5.75 Å². The molecule has 136 valence electrons. The first-order valence-electron chi connectivity index (χ1n) is 9.69. The molecule has 2 aromatic rings. The highest BCUT2D eigenvalue weighted by Gasteiger charge is 2.40. The quantitative estimate of drug-likeness (QED) is 0.781. The van der Waals surface area contributed by atoms with Crippen molar-refractivity contribution in [1.29, 1.82) is 0 Å². The highest BCUT2D eigenvalue weighted by atomic mass is 16.5. The second kappa shape index (κ2) is 7.63. The highest BCUT2D eigenvalue weighted by Crippen LogP contribution is 2.38. The number of carbonyl (C=O) groups excluding carboxylic acids is 1. The molecule has 2 bridgehead atoms. The number of piperidine rings is 1. The number of rotatable bonds is 6. The Morgan fingerprint density at radius 3 is 2.42 bits per heavy atom. The maximum Gasteiger partial charge on any atom is 0.140 e. The molecule has 3 heteroatoms. The summed E-state index contributed by atoms with van der Waals surface area (Å²) in [5.41, 5.74) is 2.21. The number of nitrogens with zero attached hydrogens (tertiary/aromatic N) is 1. The Hall–Kier alpha value is -2.13. The van der Waals surface area contributed by atoms with Gasteiger partial charge in [0.25, 0.3) is 0 Å². The monoisotopic (exact) mass is 349 g/mol. The zero-order chi connectivity index (χ0) is 17.9. The van der Waals surface area contributed by atoms with Gasteiger partial charge in [-0.2, -0.15) is 0 Å². The van der Waals surface area contributed by atoms with Crippen LogP contribution in [0.3, 0.4) is 0 Å². The molecule has 0 saturated carbocycles. The predicted octanol–water partition coefficient (Wildman–Crippen LogP) is 4.25. The summed E-state index contributed by atoms with van der Waals surface area (Å²) in [7, 11) is 2.22. The van der Waals surface area contributed by atoms with E-state index in [0.717, 1.165) is 29.7 Å². The molecule has 2 aliphatic heterocycles. The van der Waals surface area contributed by atoms with Gasteiger partial charge in [-0.1, -0.05) is 42.5 Å². The van der Waals surface area contributed by atoms with Crippen molar-refractivity contribution in [2.75, 3.05) is 7.05 Å². The molecule has 2 saturated heterocycles. The van der Waals surface area contributed by atoms with Gasteiger partial charge in [-0.3, -0.25) is 4.79 Å². The largest absolute Gasteiger partial charge is 0.489 e. The maximum atomic E-state index is 12.8. The van der Waals surface area contributed by atoms with Gasteiger partial charge in [0.05, 0.1) is 0 Å². The number of hydrogen-bond donors (Lipinski definition) is 0. The van der Waals surface area contributed by atoms with Crippen molar-refractivity contribution in [3.8, 4) is 5.75 Å². The van der Waals surface area contributed by atoms with Gasteiger partial charge >= 0.3 is 0 Å². The van der Waals surface area contributed by atoms with Crippen molar-refractivity contribution in [1.82, 2.24) is 4.90 Å². The van der Waals surface area contributed by atoms with Crippen LogP contribution in [0.4, 0.5) is 0 Å². The summed E-state index contributed by atoms with van der Waals surface area (Å²) in [5.74, 6) is 1.47. The topological polar surface area (TPSA) is 29.5 Å². The summed E-state index contributed by atoms with van der Waals surface area (Å²) in [6, 6.07) is 19.4. The fourth-order valence-corrected chi connectivity index (χ4v) is 4.51. The van der Waals surface area contributed by atoms with Crippen LogP contribution in [0.2, 0.25) is 0 Å². The van der Waals surface area contributed by atoms with E-state index in [-0.39, 0.29) is 5.92 Å². The van der Waals surface area contributed by atoms with Crippen molar-refractivity contribution in [2.45, 2.75) is 50.8 Å². The second-order valence-corrected chi connectivity index (χ2v) is 7.78. The lowest BCUT2D eigenvalue weighted by molar-refractivity contribution is -0.124. The van der Waals surface area contributed by atoms with E-state index in [2.05, 4.69) is 24.1 Å². The molecule has 2 aliphatic rings. The van der Waals surface area contributed by atoms with E-state index in [4.69, 9.17) is 4.74 Å². The molecule has 0 radical (unpaired) electrons. The van der Waals surface area contributed by atoms with E-state index < -0.39 is 0 Å². The highest BCUT2D eigenvalue weighted by molar-refractivity contribution is 5.83. The molecule has 2 aromatic carbocycles. The smallest absolute Gasteiger partial charge is 0.140 e. The Balaban J connectivity index is 1.35. The van der Waals surface area contributed by atoms with E-state index in [1.165, 1.54) is 12.8 Å². The van der Waals surface area contributed by atoms with Crippen LogP contribution in [0.1, 0.15) is 36.8 Å². The van der Waals surface area contributed by atoms with Crippen LogP contribution in [0.25, 0.3) is 0 Å². The average Bonchev–Trinajstić information content (AvgIpc) is 2.87. The normalized spacial score (nSPS) is 25.2. The first-order valence-corrected chi connectivity index (χ1v) is 9.69. The fourth-order valence-electron chi connectivity index (χ4n) is 4.51. The van der Waals surface area contributed by atoms with E-state index in [9.17, 15) is 4.79 Å². The van der Waals surface area contributed by atoms with Gasteiger partial charge in [-0.15, -0.1) is 0 Å². The molecule has 0 aromatic heterocycles. The summed E-state index contributed by atoms with van der Waals surface area (Å²) >= 11 is 0. The summed E-state index contributed by atoms with van der Waals surface area (Å²) in [6.07, 6.45) is 5.12. The van der Waals surface area contributed by atoms with Gasteiger partial charge in [0.15, 0.2) is 0 Å². The lowest BCUT2D eigenvalue weighted by atomic mass is 9.85. The van der Waals surface area contributed by atoms with Gasteiger partial charge in [0.2, 0.25) is 0 Å². The second-order valence-electron chi connectivity index (χ2n) is 7.78. The molecule has 2 fully saturated rings. The molecule has 0 amide bonds. The fraction of sp³-hybridized carbons (Fsp3) is 0.435. The van der Waals surface area contributed by atoms with Crippen LogP contribution < -0.4 is 4.74 Å². The third-order valence-corrected chi connectivity index (χ3v) is 6.08. The van der Waals surface area contributed by atoms with Crippen molar-refractivity contribution >= 4 is 5.78 Å². The maximum absolute atomic E-state index is 12.8. The molecular formula is C23H27NO2.